The third-order valence-corrected chi connectivity index (χ3v) is 5.25. The monoisotopic (exact) mass is 413 g/mol. The second-order valence-corrected chi connectivity index (χ2v) is 7.06. The van der Waals surface area contributed by atoms with Crippen LogP contribution in [0.15, 0.2) is 59.6 Å². The molecule has 0 spiro atoms. The number of aliphatic imine (C=N–C) groups is 1. The normalized spacial score (nSPS) is 18.5. The molecule has 0 aliphatic carbocycles. The molecule has 154 valence electrons. The Morgan fingerprint density at radius 2 is 1.83 bits per heavy atom. The van der Waals surface area contributed by atoms with Crippen LogP contribution in [0.5, 0.6) is 0 Å². The van der Waals surface area contributed by atoms with Crippen molar-refractivity contribution in [3.05, 3.63) is 71.3 Å². The predicted molar refractivity (Wildman–Crippen MR) is 106 cm³/mol. The quantitative estimate of drug-likeness (QED) is 0.606. The minimum Gasteiger partial charge on any atom is -0.468 e. The van der Waals surface area contributed by atoms with Gasteiger partial charge in [0.15, 0.2) is 5.82 Å². The number of nitrogens with zero attached hydrogens (tertiary/aromatic N) is 2. The number of carbonyl (C=O) groups is 1. The van der Waals surface area contributed by atoms with Gasteiger partial charge in [0, 0.05) is 17.2 Å². The van der Waals surface area contributed by atoms with E-state index in [1.54, 1.807) is 13.0 Å². The molecule has 1 aliphatic heterocycles. The highest BCUT2D eigenvalue weighted by Crippen LogP contribution is 2.47. The summed E-state index contributed by atoms with van der Waals surface area (Å²) in [7, 11) is 1.25. The topological polar surface area (TPSA) is 67.3 Å². The molecule has 5 nitrogen and oxygen atoms in total. The zero-order chi connectivity index (χ0) is 21.5. The second-order valence-electron chi connectivity index (χ2n) is 7.06. The Balaban J connectivity index is 1.96. The average Bonchev–Trinajstić information content (AvgIpc) is 3.15. The SMILES string of the molecule is COC(=O)C1C(C)=Nc2n[nH]c(-c3ccccc3)c2C1c1cccc(C(F)(F)F)c1. The fourth-order valence-corrected chi connectivity index (χ4v) is 3.89. The summed E-state index contributed by atoms with van der Waals surface area (Å²) in [4.78, 5) is 17.1. The number of H-pyrrole nitrogens is 1. The molecule has 0 radical (unpaired) electrons. The molecule has 1 aliphatic rings. The lowest BCUT2D eigenvalue weighted by atomic mass is 9.75. The van der Waals surface area contributed by atoms with Gasteiger partial charge in [0.1, 0.15) is 5.92 Å². The highest BCUT2D eigenvalue weighted by Gasteiger charge is 2.42. The van der Waals surface area contributed by atoms with E-state index in [9.17, 15) is 18.0 Å². The first-order chi connectivity index (χ1) is 14.3. The summed E-state index contributed by atoms with van der Waals surface area (Å²) in [6.07, 6.45) is -4.50. The van der Waals surface area contributed by atoms with Crippen LogP contribution < -0.4 is 0 Å². The summed E-state index contributed by atoms with van der Waals surface area (Å²) >= 11 is 0. The molecular weight excluding hydrogens is 395 g/mol. The number of nitrogens with one attached hydrogen (secondary N) is 1. The molecule has 2 unspecified atom stereocenters. The smallest absolute Gasteiger partial charge is 0.416 e. The van der Waals surface area contributed by atoms with Gasteiger partial charge in [-0.05, 0) is 24.1 Å². The molecule has 0 fully saturated rings. The van der Waals surface area contributed by atoms with Crippen molar-refractivity contribution in [3.8, 4) is 11.3 Å². The van der Waals surface area contributed by atoms with Crippen molar-refractivity contribution in [2.45, 2.75) is 19.0 Å². The molecular formula is C22H18F3N3O2. The minimum atomic E-state index is -4.50. The maximum Gasteiger partial charge on any atom is 0.416 e. The van der Waals surface area contributed by atoms with Crippen LogP contribution >= 0.6 is 0 Å². The van der Waals surface area contributed by atoms with Gasteiger partial charge in [0.25, 0.3) is 0 Å². The van der Waals surface area contributed by atoms with E-state index in [2.05, 4.69) is 15.2 Å². The molecule has 0 saturated carbocycles. The van der Waals surface area contributed by atoms with E-state index in [1.807, 2.05) is 30.3 Å². The standard InChI is InChI=1S/C22H18F3N3O2/c1-12-16(21(29)30-2)17(14-9-6-10-15(11-14)22(23,24)25)18-19(27-28-20(18)26-12)13-7-4-3-5-8-13/h3-11,16-17H,1-2H3,(H,27,28). The van der Waals surface area contributed by atoms with Crippen LogP contribution in [0.2, 0.25) is 0 Å². The molecule has 8 heteroatoms. The first-order valence-corrected chi connectivity index (χ1v) is 9.25. The largest absolute Gasteiger partial charge is 0.468 e. The number of aromatic nitrogens is 2. The molecule has 1 N–H and O–H groups in total. The number of aromatic amines is 1. The van der Waals surface area contributed by atoms with Crippen LogP contribution in [0.25, 0.3) is 11.3 Å². The lowest BCUT2D eigenvalue weighted by Gasteiger charge is -2.30. The van der Waals surface area contributed by atoms with E-state index in [1.165, 1.54) is 13.2 Å². The zero-order valence-electron chi connectivity index (χ0n) is 16.2. The first-order valence-electron chi connectivity index (χ1n) is 9.25. The van der Waals surface area contributed by atoms with Gasteiger partial charge in [-0.25, -0.2) is 4.99 Å². The number of carbonyl (C=O) groups excluding carboxylic acids is 1. The van der Waals surface area contributed by atoms with Gasteiger partial charge < -0.3 is 4.74 Å². The third kappa shape index (κ3) is 3.38. The number of hydrogen-bond acceptors (Lipinski definition) is 4. The molecule has 0 bridgehead atoms. The number of fused-ring (bicyclic) bond motifs is 1. The third-order valence-electron chi connectivity index (χ3n) is 5.25. The van der Waals surface area contributed by atoms with Crippen molar-refractivity contribution < 1.29 is 22.7 Å². The van der Waals surface area contributed by atoms with Crippen LogP contribution in [-0.4, -0.2) is 29.0 Å². The Labute approximate surface area is 170 Å². The van der Waals surface area contributed by atoms with Crippen LogP contribution in [0.3, 0.4) is 0 Å². The summed E-state index contributed by atoms with van der Waals surface area (Å²) < 4.78 is 45.1. The van der Waals surface area contributed by atoms with E-state index in [4.69, 9.17) is 4.74 Å². The number of halogens is 3. The Morgan fingerprint density at radius 3 is 2.50 bits per heavy atom. The number of hydrogen-bond donors (Lipinski definition) is 1. The molecule has 2 heterocycles. The molecule has 4 rings (SSSR count). The summed E-state index contributed by atoms with van der Waals surface area (Å²) in [5, 5.41) is 7.21. The van der Waals surface area contributed by atoms with E-state index >= 15 is 0 Å². The van der Waals surface area contributed by atoms with Crippen LogP contribution in [0.1, 0.15) is 29.5 Å². The van der Waals surface area contributed by atoms with Crippen molar-refractivity contribution in [2.24, 2.45) is 10.9 Å². The highest BCUT2D eigenvalue weighted by molar-refractivity contribution is 6.05. The Kier molecular flexibility index (Phi) is 4.93. The van der Waals surface area contributed by atoms with Crippen molar-refractivity contribution in [1.82, 2.24) is 10.2 Å². The maximum absolute atomic E-state index is 13.4. The fourth-order valence-electron chi connectivity index (χ4n) is 3.89. The maximum atomic E-state index is 13.4. The molecule has 2 atom stereocenters. The lowest BCUT2D eigenvalue weighted by molar-refractivity contribution is -0.143. The Morgan fingerprint density at radius 1 is 1.10 bits per heavy atom. The number of ether oxygens (including phenoxy) is 1. The van der Waals surface area contributed by atoms with Crippen molar-refractivity contribution in [1.29, 1.82) is 0 Å². The minimum absolute atomic E-state index is 0.342. The van der Waals surface area contributed by atoms with Gasteiger partial charge in [-0.1, -0.05) is 48.5 Å². The molecule has 0 amide bonds. The molecule has 2 aromatic carbocycles. The first kappa shape index (κ1) is 19.9. The van der Waals surface area contributed by atoms with Crippen molar-refractivity contribution in [3.63, 3.8) is 0 Å². The summed E-state index contributed by atoms with van der Waals surface area (Å²) in [5.41, 5.74) is 1.97. The molecule has 0 saturated heterocycles. The predicted octanol–water partition coefficient (Wildman–Crippen LogP) is 5.12. The van der Waals surface area contributed by atoms with Gasteiger partial charge in [-0.15, -0.1) is 0 Å². The molecule has 30 heavy (non-hydrogen) atoms. The van der Waals surface area contributed by atoms with Gasteiger partial charge in [-0.3, -0.25) is 9.89 Å². The van der Waals surface area contributed by atoms with Crippen molar-refractivity contribution >= 4 is 17.5 Å². The average molecular weight is 413 g/mol. The van der Waals surface area contributed by atoms with E-state index in [-0.39, 0.29) is 0 Å². The Hall–Kier alpha value is -3.42. The van der Waals surface area contributed by atoms with Crippen molar-refractivity contribution in [2.75, 3.05) is 7.11 Å². The molecule has 1 aromatic heterocycles. The van der Waals surface area contributed by atoms with E-state index in [0.717, 1.165) is 17.7 Å². The summed E-state index contributed by atoms with van der Waals surface area (Å²) in [6, 6.07) is 14.3. The van der Waals surface area contributed by atoms with Gasteiger partial charge in [-0.2, -0.15) is 18.3 Å². The highest BCUT2D eigenvalue weighted by atomic mass is 19.4. The van der Waals surface area contributed by atoms with Gasteiger partial charge >= 0.3 is 12.1 Å². The van der Waals surface area contributed by atoms with Gasteiger partial charge in [0.2, 0.25) is 0 Å². The Bertz CT molecular complexity index is 1120. The lowest BCUT2D eigenvalue weighted by Crippen LogP contribution is -2.33. The fraction of sp³-hybridized carbons (Fsp3) is 0.227. The van der Waals surface area contributed by atoms with E-state index in [0.29, 0.717) is 28.4 Å². The summed E-state index contributed by atoms with van der Waals surface area (Å²) in [6.45, 7) is 1.65. The summed E-state index contributed by atoms with van der Waals surface area (Å²) in [5.74, 6) is -1.81. The van der Waals surface area contributed by atoms with E-state index < -0.39 is 29.5 Å². The number of benzene rings is 2. The van der Waals surface area contributed by atoms with Crippen LogP contribution in [0.4, 0.5) is 19.0 Å². The second kappa shape index (κ2) is 7.44. The molecule has 3 aromatic rings. The zero-order valence-corrected chi connectivity index (χ0v) is 16.2. The van der Waals surface area contributed by atoms with Crippen LogP contribution in [0, 0.1) is 5.92 Å². The number of esters is 1. The number of rotatable bonds is 3. The number of methoxy groups -OCH3 is 1. The number of alkyl halides is 3. The van der Waals surface area contributed by atoms with Gasteiger partial charge in [0.05, 0.1) is 18.4 Å². The van der Waals surface area contributed by atoms with Crippen LogP contribution in [-0.2, 0) is 15.7 Å².